The molecule has 0 atom stereocenters. The Balaban J connectivity index is 2.98. The lowest BCUT2D eigenvalue weighted by Crippen LogP contribution is -2.39. The van der Waals surface area contributed by atoms with Gasteiger partial charge in [-0.25, -0.2) is 0 Å². The Morgan fingerprint density at radius 2 is 2.11 bits per heavy atom. The number of aryl methyl sites for hydroxylation is 1. The summed E-state index contributed by atoms with van der Waals surface area (Å²) in [6, 6.07) is 4.84. The highest BCUT2D eigenvalue weighted by atomic mass is 127. The van der Waals surface area contributed by atoms with Gasteiger partial charge in [-0.15, -0.1) is 6.58 Å². The molecular weight excluding hydrogens is 370 g/mol. The number of alkyl halides is 3. The number of halogens is 4. The molecule has 1 rings (SSSR count). The summed E-state index contributed by atoms with van der Waals surface area (Å²) in [6.45, 7) is 3.83. The van der Waals surface area contributed by atoms with E-state index in [2.05, 4.69) is 6.58 Å². The lowest BCUT2D eigenvalue weighted by atomic mass is 10.1. The molecule has 0 aliphatic carbocycles. The summed E-state index contributed by atoms with van der Waals surface area (Å²) in [7, 11) is 0. The third kappa shape index (κ3) is 4.85. The zero-order chi connectivity index (χ0) is 14.6. The number of carbonyl (C=O) groups is 1. The molecule has 6 heteroatoms. The number of amides is 1. The highest BCUT2D eigenvalue weighted by molar-refractivity contribution is 14.1. The van der Waals surface area contributed by atoms with Crippen LogP contribution in [0.25, 0.3) is 0 Å². The fourth-order valence-electron chi connectivity index (χ4n) is 1.50. The predicted molar refractivity (Wildman–Crippen MR) is 76.1 cm³/mol. The molecule has 0 fully saturated rings. The van der Waals surface area contributed by atoms with Crippen molar-refractivity contribution in [3.63, 3.8) is 0 Å². The van der Waals surface area contributed by atoms with Crippen LogP contribution in [0.15, 0.2) is 30.9 Å². The molecule has 1 amide bonds. The van der Waals surface area contributed by atoms with Gasteiger partial charge >= 0.3 is 6.18 Å². The third-order valence-electron chi connectivity index (χ3n) is 2.43. The molecule has 104 valence electrons. The fraction of sp³-hybridized carbons (Fsp3) is 0.308. The van der Waals surface area contributed by atoms with E-state index in [1.807, 2.05) is 29.5 Å². The van der Waals surface area contributed by atoms with Crippen molar-refractivity contribution >= 4 is 28.5 Å². The minimum Gasteiger partial charge on any atom is -0.326 e. The minimum absolute atomic E-state index is 0.136. The molecule has 0 unspecified atom stereocenters. The van der Waals surface area contributed by atoms with Gasteiger partial charge in [-0.3, -0.25) is 4.79 Å². The van der Waals surface area contributed by atoms with Gasteiger partial charge in [-0.2, -0.15) is 13.2 Å². The molecule has 19 heavy (non-hydrogen) atoms. The average molecular weight is 383 g/mol. The molecule has 2 nitrogen and oxygen atoms in total. The van der Waals surface area contributed by atoms with E-state index in [-0.39, 0.29) is 12.1 Å². The van der Waals surface area contributed by atoms with Gasteiger partial charge in [0.2, 0.25) is 0 Å². The van der Waals surface area contributed by atoms with Crippen molar-refractivity contribution in [1.29, 1.82) is 0 Å². The topological polar surface area (TPSA) is 20.3 Å². The van der Waals surface area contributed by atoms with Crippen molar-refractivity contribution in [3.05, 3.63) is 45.6 Å². The Morgan fingerprint density at radius 1 is 1.47 bits per heavy atom. The molecule has 0 N–H and O–H groups in total. The van der Waals surface area contributed by atoms with Crippen molar-refractivity contribution in [2.24, 2.45) is 0 Å². The monoisotopic (exact) mass is 383 g/mol. The van der Waals surface area contributed by atoms with Crippen LogP contribution in [-0.4, -0.2) is 30.1 Å². The summed E-state index contributed by atoms with van der Waals surface area (Å²) in [5, 5.41) is 0. The van der Waals surface area contributed by atoms with E-state index in [9.17, 15) is 18.0 Å². The first-order valence-corrected chi connectivity index (χ1v) is 6.55. The zero-order valence-corrected chi connectivity index (χ0v) is 12.5. The first-order valence-electron chi connectivity index (χ1n) is 5.47. The highest BCUT2D eigenvalue weighted by Gasteiger charge is 2.32. The zero-order valence-electron chi connectivity index (χ0n) is 10.3. The van der Waals surface area contributed by atoms with E-state index in [1.54, 1.807) is 12.1 Å². The van der Waals surface area contributed by atoms with Crippen molar-refractivity contribution in [2.45, 2.75) is 13.1 Å². The molecule has 0 saturated heterocycles. The Labute approximate surface area is 123 Å². The molecular formula is C13H13F3INO. The average Bonchev–Trinajstić information content (AvgIpc) is 2.29. The molecule has 0 aliphatic heterocycles. The largest absolute Gasteiger partial charge is 0.406 e. The van der Waals surface area contributed by atoms with Crippen LogP contribution in [0.5, 0.6) is 0 Å². The number of carbonyl (C=O) groups excluding carboxylic acids is 1. The molecule has 0 heterocycles. The van der Waals surface area contributed by atoms with Crippen LogP contribution in [0.4, 0.5) is 13.2 Å². The first kappa shape index (κ1) is 16.0. The van der Waals surface area contributed by atoms with Crippen LogP contribution in [0.3, 0.4) is 0 Å². The number of hydrogen-bond donors (Lipinski definition) is 0. The van der Waals surface area contributed by atoms with E-state index in [1.165, 1.54) is 12.1 Å². The van der Waals surface area contributed by atoms with Crippen LogP contribution in [-0.2, 0) is 0 Å². The normalized spacial score (nSPS) is 11.2. The SMILES string of the molecule is C=CCN(CC(F)(F)F)C(=O)c1ccc(C)c(I)c1. The van der Waals surface area contributed by atoms with Crippen LogP contribution in [0.2, 0.25) is 0 Å². The summed E-state index contributed by atoms with van der Waals surface area (Å²) in [6.07, 6.45) is -3.14. The van der Waals surface area contributed by atoms with Gasteiger partial charge in [0.15, 0.2) is 0 Å². The van der Waals surface area contributed by atoms with Gasteiger partial charge in [0.1, 0.15) is 6.54 Å². The van der Waals surface area contributed by atoms with Gasteiger partial charge in [0.05, 0.1) is 0 Å². The molecule has 0 radical (unpaired) electrons. The lowest BCUT2D eigenvalue weighted by molar-refractivity contribution is -0.139. The maximum atomic E-state index is 12.4. The molecule has 0 spiro atoms. The second-order valence-corrected chi connectivity index (χ2v) is 5.22. The fourth-order valence-corrected chi connectivity index (χ4v) is 2.02. The van der Waals surface area contributed by atoms with Crippen molar-refractivity contribution in [3.8, 4) is 0 Å². The number of hydrogen-bond acceptors (Lipinski definition) is 1. The number of nitrogens with zero attached hydrogens (tertiary/aromatic N) is 1. The van der Waals surface area contributed by atoms with Gasteiger partial charge in [0, 0.05) is 15.7 Å². The van der Waals surface area contributed by atoms with Crippen molar-refractivity contribution < 1.29 is 18.0 Å². The molecule has 0 aliphatic rings. The van der Waals surface area contributed by atoms with Crippen LogP contribution >= 0.6 is 22.6 Å². The molecule has 0 saturated carbocycles. The van der Waals surface area contributed by atoms with Gasteiger partial charge in [0.25, 0.3) is 5.91 Å². The summed E-state index contributed by atoms with van der Waals surface area (Å²) >= 11 is 2.04. The van der Waals surface area contributed by atoms with E-state index >= 15 is 0 Å². The maximum Gasteiger partial charge on any atom is 0.406 e. The quantitative estimate of drug-likeness (QED) is 0.573. The highest BCUT2D eigenvalue weighted by Crippen LogP contribution is 2.20. The van der Waals surface area contributed by atoms with E-state index in [4.69, 9.17) is 0 Å². The standard InChI is InChI=1S/C13H13F3INO/c1-3-6-18(8-13(14,15)16)12(19)10-5-4-9(2)11(17)7-10/h3-5,7H,1,6,8H2,2H3. The lowest BCUT2D eigenvalue weighted by Gasteiger charge is -2.22. The smallest absolute Gasteiger partial charge is 0.326 e. The summed E-state index contributed by atoms with van der Waals surface area (Å²) in [4.78, 5) is 12.8. The molecule has 0 bridgehead atoms. The Hall–Kier alpha value is -1.05. The number of rotatable bonds is 4. The summed E-state index contributed by atoms with van der Waals surface area (Å²) in [5.74, 6) is -0.643. The maximum absolute atomic E-state index is 12.4. The van der Waals surface area contributed by atoms with Crippen molar-refractivity contribution in [1.82, 2.24) is 4.90 Å². The Kier molecular flexibility index (Phi) is 5.39. The van der Waals surface area contributed by atoms with E-state index in [0.29, 0.717) is 0 Å². The predicted octanol–water partition coefficient (Wildman–Crippen LogP) is 3.79. The molecule has 1 aromatic carbocycles. The molecule has 0 aromatic heterocycles. The van der Waals surface area contributed by atoms with Gasteiger partial charge in [-0.1, -0.05) is 12.1 Å². The Morgan fingerprint density at radius 3 is 2.58 bits per heavy atom. The van der Waals surface area contributed by atoms with Crippen molar-refractivity contribution in [2.75, 3.05) is 13.1 Å². The van der Waals surface area contributed by atoms with Crippen LogP contribution in [0.1, 0.15) is 15.9 Å². The molecule has 1 aromatic rings. The summed E-state index contributed by atoms with van der Waals surface area (Å²) in [5.41, 5.74) is 1.23. The van der Waals surface area contributed by atoms with E-state index in [0.717, 1.165) is 14.0 Å². The third-order valence-corrected chi connectivity index (χ3v) is 3.59. The summed E-state index contributed by atoms with van der Waals surface area (Å²) < 4.78 is 38.1. The van der Waals surface area contributed by atoms with Gasteiger partial charge < -0.3 is 4.90 Å². The minimum atomic E-state index is -4.42. The second kappa shape index (κ2) is 6.40. The number of benzene rings is 1. The van der Waals surface area contributed by atoms with Crippen LogP contribution < -0.4 is 0 Å². The first-order chi connectivity index (χ1) is 8.74. The van der Waals surface area contributed by atoms with E-state index < -0.39 is 18.6 Å². The van der Waals surface area contributed by atoms with Crippen LogP contribution in [0, 0.1) is 10.5 Å². The second-order valence-electron chi connectivity index (χ2n) is 4.05. The van der Waals surface area contributed by atoms with Gasteiger partial charge in [-0.05, 0) is 47.2 Å². The Bertz CT molecular complexity index is 485.